The Kier molecular flexibility index (Phi) is 5.17. The molecule has 1 atom stereocenters. The molecule has 2 N–H and O–H groups in total. The van der Waals surface area contributed by atoms with Crippen LogP contribution in [0.25, 0.3) is 0 Å². The van der Waals surface area contributed by atoms with Gasteiger partial charge in [0.2, 0.25) is 0 Å². The Morgan fingerprint density at radius 1 is 1.50 bits per heavy atom. The predicted octanol–water partition coefficient (Wildman–Crippen LogP) is -0.0544. The zero-order chi connectivity index (χ0) is 12.1. The van der Waals surface area contributed by atoms with Crippen LogP contribution in [0.2, 0.25) is 0 Å². The Labute approximate surface area is 97.2 Å². The third-order valence-corrected chi connectivity index (χ3v) is 4.57. The molecule has 1 fully saturated rings. The molecule has 0 radical (unpaired) electrons. The van der Waals surface area contributed by atoms with Crippen molar-refractivity contribution in [3.05, 3.63) is 0 Å². The maximum absolute atomic E-state index is 11.3. The molecule has 1 aliphatic rings. The minimum Gasteiger partial charge on any atom is -0.378 e. The van der Waals surface area contributed by atoms with Gasteiger partial charge in [0.05, 0.1) is 19.0 Å². The third kappa shape index (κ3) is 4.01. The normalized spacial score (nSPS) is 26.9. The average molecular weight is 251 g/mol. The summed E-state index contributed by atoms with van der Waals surface area (Å²) < 4.78 is 33.5. The molecule has 1 unspecified atom stereocenters. The smallest absolute Gasteiger partial charge is 0.152 e. The molecule has 0 amide bonds. The minimum atomic E-state index is -2.96. The topological polar surface area (TPSA) is 78.6 Å². The van der Waals surface area contributed by atoms with E-state index in [1.807, 2.05) is 0 Å². The van der Waals surface area contributed by atoms with Gasteiger partial charge in [-0.2, -0.15) is 0 Å². The van der Waals surface area contributed by atoms with Gasteiger partial charge in [-0.1, -0.05) is 6.92 Å². The third-order valence-electron chi connectivity index (χ3n) is 2.90. The van der Waals surface area contributed by atoms with Crippen molar-refractivity contribution in [1.29, 1.82) is 0 Å². The predicted molar refractivity (Wildman–Crippen MR) is 62.1 cm³/mol. The van der Waals surface area contributed by atoms with Gasteiger partial charge in [-0.25, -0.2) is 8.42 Å². The molecule has 0 aromatic carbocycles. The molecule has 0 spiro atoms. The Morgan fingerprint density at radius 3 is 2.75 bits per heavy atom. The van der Waals surface area contributed by atoms with Crippen LogP contribution in [0.1, 0.15) is 19.8 Å². The van der Waals surface area contributed by atoms with Gasteiger partial charge >= 0.3 is 0 Å². The second kappa shape index (κ2) is 5.95. The largest absolute Gasteiger partial charge is 0.378 e. The van der Waals surface area contributed by atoms with E-state index >= 15 is 0 Å². The van der Waals surface area contributed by atoms with Gasteiger partial charge in [-0.05, 0) is 12.8 Å². The Bertz CT molecular complexity index is 296. The van der Waals surface area contributed by atoms with Crippen molar-refractivity contribution < 1.29 is 17.9 Å². The van der Waals surface area contributed by atoms with E-state index in [1.165, 1.54) is 0 Å². The Hall–Kier alpha value is -0.170. The fraction of sp³-hybridized carbons (Fsp3) is 1.00. The summed E-state index contributed by atoms with van der Waals surface area (Å²) in [4.78, 5) is 0. The quantitative estimate of drug-likeness (QED) is 0.716. The van der Waals surface area contributed by atoms with Gasteiger partial charge in [0.1, 0.15) is 5.60 Å². The van der Waals surface area contributed by atoms with E-state index < -0.39 is 15.4 Å². The Morgan fingerprint density at radius 2 is 2.25 bits per heavy atom. The van der Waals surface area contributed by atoms with Crippen molar-refractivity contribution >= 4 is 9.84 Å². The molecular formula is C10H21NO4S. The summed E-state index contributed by atoms with van der Waals surface area (Å²) in [6.45, 7) is 3.42. The standard InChI is InChI=1S/C10H21NO4S/c1-2-16(12,13)7-6-15-10(8-11)4-3-5-14-9-10/h2-9,11H2,1H3. The van der Waals surface area contributed by atoms with Gasteiger partial charge in [0.25, 0.3) is 0 Å². The molecule has 0 aromatic heterocycles. The molecule has 16 heavy (non-hydrogen) atoms. The minimum absolute atomic E-state index is 0.0608. The van der Waals surface area contributed by atoms with Crippen LogP contribution in [0.4, 0.5) is 0 Å². The highest BCUT2D eigenvalue weighted by atomic mass is 32.2. The molecule has 0 saturated carbocycles. The molecule has 1 saturated heterocycles. The second-order valence-electron chi connectivity index (χ2n) is 4.13. The highest BCUT2D eigenvalue weighted by Gasteiger charge is 2.32. The first kappa shape index (κ1) is 13.9. The molecule has 1 aliphatic heterocycles. The van der Waals surface area contributed by atoms with E-state index in [4.69, 9.17) is 15.2 Å². The summed E-state index contributed by atoms with van der Waals surface area (Å²) in [6, 6.07) is 0. The first-order chi connectivity index (χ1) is 7.54. The van der Waals surface area contributed by atoms with Crippen LogP contribution in [-0.4, -0.2) is 51.9 Å². The van der Waals surface area contributed by atoms with Crippen LogP contribution in [0.3, 0.4) is 0 Å². The lowest BCUT2D eigenvalue weighted by Crippen LogP contribution is -2.48. The summed E-state index contributed by atoms with van der Waals surface area (Å²) >= 11 is 0. The fourth-order valence-corrected chi connectivity index (χ4v) is 2.32. The molecule has 0 aromatic rings. The van der Waals surface area contributed by atoms with Crippen LogP contribution in [0, 0.1) is 0 Å². The molecule has 6 heteroatoms. The zero-order valence-electron chi connectivity index (χ0n) is 9.78. The monoisotopic (exact) mass is 251 g/mol. The van der Waals surface area contributed by atoms with Crippen LogP contribution < -0.4 is 5.73 Å². The summed E-state index contributed by atoms with van der Waals surface area (Å²) in [5, 5.41) is 0. The van der Waals surface area contributed by atoms with Gasteiger partial charge in [-0.15, -0.1) is 0 Å². The average Bonchev–Trinajstić information content (AvgIpc) is 2.30. The highest BCUT2D eigenvalue weighted by molar-refractivity contribution is 7.91. The van der Waals surface area contributed by atoms with E-state index in [0.29, 0.717) is 13.2 Å². The molecule has 96 valence electrons. The van der Waals surface area contributed by atoms with Gasteiger partial charge in [0, 0.05) is 18.9 Å². The van der Waals surface area contributed by atoms with Gasteiger partial charge < -0.3 is 15.2 Å². The molecule has 5 nitrogen and oxygen atoms in total. The number of nitrogens with two attached hydrogens (primary N) is 1. The zero-order valence-corrected chi connectivity index (χ0v) is 10.6. The molecule has 0 bridgehead atoms. The van der Waals surface area contributed by atoms with E-state index in [9.17, 15) is 8.42 Å². The number of rotatable bonds is 6. The number of sulfone groups is 1. The number of hydrogen-bond acceptors (Lipinski definition) is 5. The lowest BCUT2D eigenvalue weighted by atomic mass is 9.97. The van der Waals surface area contributed by atoms with Gasteiger partial charge in [0.15, 0.2) is 9.84 Å². The van der Waals surface area contributed by atoms with E-state index in [1.54, 1.807) is 6.92 Å². The summed E-state index contributed by atoms with van der Waals surface area (Å²) in [7, 11) is -2.96. The molecule has 1 heterocycles. The summed E-state index contributed by atoms with van der Waals surface area (Å²) in [5.74, 6) is 0.216. The van der Waals surface area contributed by atoms with Crippen molar-refractivity contribution in [1.82, 2.24) is 0 Å². The molecule has 1 rings (SSSR count). The highest BCUT2D eigenvalue weighted by Crippen LogP contribution is 2.22. The summed E-state index contributed by atoms with van der Waals surface area (Å²) in [6.07, 6.45) is 1.76. The van der Waals surface area contributed by atoms with Crippen molar-refractivity contribution in [2.75, 3.05) is 37.9 Å². The first-order valence-electron chi connectivity index (χ1n) is 5.66. The SMILES string of the molecule is CCS(=O)(=O)CCOC1(CN)CCCOC1. The lowest BCUT2D eigenvalue weighted by Gasteiger charge is -2.35. The molecule has 0 aliphatic carbocycles. The Balaban J connectivity index is 2.39. The van der Waals surface area contributed by atoms with E-state index in [2.05, 4.69) is 0 Å². The van der Waals surface area contributed by atoms with Crippen LogP contribution in [0.5, 0.6) is 0 Å². The van der Waals surface area contributed by atoms with E-state index in [-0.39, 0.29) is 18.1 Å². The molecular weight excluding hydrogens is 230 g/mol. The lowest BCUT2D eigenvalue weighted by molar-refractivity contribution is -0.118. The van der Waals surface area contributed by atoms with Gasteiger partial charge in [-0.3, -0.25) is 0 Å². The first-order valence-corrected chi connectivity index (χ1v) is 7.48. The van der Waals surface area contributed by atoms with Crippen molar-refractivity contribution in [2.24, 2.45) is 5.73 Å². The maximum Gasteiger partial charge on any atom is 0.152 e. The van der Waals surface area contributed by atoms with Crippen LogP contribution >= 0.6 is 0 Å². The van der Waals surface area contributed by atoms with Crippen LogP contribution in [0.15, 0.2) is 0 Å². The fourth-order valence-electron chi connectivity index (χ4n) is 1.69. The van der Waals surface area contributed by atoms with Crippen molar-refractivity contribution in [3.63, 3.8) is 0 Å². The van der Waals surface area contributed by atoms with Crippen LogP contribution in [-0.2, 0) is 19.3 Å². The maximum atomic E-state index is 11.3. The second-order valence-corrected chi connectivity index (χ2v) is 6.60. The number of ether oxygens (including phenoxy) is 2. The summed E-state index contributed by atoms with van der Waals surface area (Å²) in [5.41, 5.74) is 5.20. The number of hydrogen-bond donors (Lipinski definition) is 1. The van der Waals surface area contributed by atoms with E-state index in [0.717, 1.165) is 19.4 Å². The van der Waals surface area contributed by atoms with Crippen molar-refractivity contribution in [2.45, 2.75) is 25.4 Å². The van der Waals surface area contributed by atoms with Crippen molar-refractivity contribution in [3.8, 4) is 0 Å².